The van der Waals surface area contributed by atoms with Crippen LogP contribution < -0.4 is 0 Å². The number of hydrogen-bond acceptors (Lipinski definition) is 2. The van der Waals surface area contributed by atoms with Gasteiger partial charge in [0.05, 0.1) is 5.52 Å². The van der Waals surface area contributed by atoms with E-state index in [0.29, 0.717) is 11.0 Å². The number of rotatable bonds is 1. The van der Waals surface area contributed by atoms with Crippen LogP contribution >= 0.6 is 11.6 Å². The zero-order chi connectivity index (χ0) is 11.7. The molecule has 0 aliphatic heterocycles. The molecule has 2 aromatic rings. The molecule has 1 heterocycles. The summed E-state index contributed by atoms with van der Waals surface area (Å²) in [5, 5.41) is 1.42. The van der Waals surface area contributed by atoms with Crippen LogP contribution in [0.5, 0.6) is 0 Å². The van der Waals surface area contributed by atoms with Gasteiger partial charge in [-0.25, -0.2) is 9.97 Å². The lowest BCUT2D eigenvalue weighted by atomic mass is 10.1. The van der Waals surface area contributed by atoms with Crippen molar-refractivity contribution in [1.29, 1.82) is 0 Å². The molecule has 0 saturated heterocycles. The molecule has 0 fully saturated rings. The van der Waals surface area contributed by atoms with E-state index in [0.717, 1.165) is 29.3 Å². The van der Waals surface area contributed by atoms with E-state index < -0.39 is 0 Å². The van der Waals surface area contributed by atoms with Crippen LogP contribution in [0, 0.1) is 0 Å². The first-order valence-corrected chi connectivity index (χ1v) is 6.02. The Labute approximate surface area is 105 Å². The van der Waals surface area contributed by atoms with Crippen LogP contribution in [0.25, 0.3) is 16.5 Å². The average molecular weight is 243 g/mol. The van der Waals surface area contributed by atoms with Crippen molar-refractivity contribution in [2.45, 2.75) is 12.8 Å². The molecule has 0 amide bonds. The highest BCUT2D eigenvalue weighted by molar-refractivity contribution is 6.34. The van der Waals surface area contributed by atoms with Crippen molar-refractivity contribution < 1.29 is 0 Å². The minimum Gasteiger partial charge on any atom is -0.228 e. The second-order valence-corrected chi connectivity index (χ2v) is 4.35. The maximum atomic E-state index is 6.18. The highest BCUT2D eigenvalue weighted by Crippen LogP contribution is 2.24. The molecule has 2 nitrogen and oxygen atoms in total. The Morgan fingerprint density at radius 1 is 1.06 bits per heavy atom. The van der Waals surface area contributed by atoms with Gasteiger partial charge in [0.1, 0.15) is 5.15 Å². The summed E-state index contributed by atoms with van der Waals surface area (Å²) in [6.07, 6.45) is 8.48. The first-order valence-electron chi connectivity index (χ1n) is 5.64. The first-order chi connectivity index (χ1) is 8.34. The molecule has 0 unspecified atom stereocenters. The van der Waals surface area contributed by atoms with Crippen molar-refractivity contribution in [3.8, 4) is 0 Å². The minimum atomic E-state index is 0.519. The van der Waals surface area contributed by atoms with Gasteiger partial charge in [0.15, 0.2) is 5.82 Å². The number of hydrogen-bond donors (Lipinski definition) is 0. The fourth-order valence-electron chi connectivity index (χ4n) is 1.95. The van der Waals surface area contributed by atoms with E-state index in [-0.39, 0.29) is 0 Å². The van der Waals surface area contributed by atoms with Gasteiger partial charge in [-0.05, 0) is 25.0 Å². The van der Waals surface area contributed by atoms with Crippen molar-refractivity contribution in [2.75, 3.05) is 0 Å². The van der Waals surface area contributed by atoms with Crippen molar-refractivity contribution in [3.63, 3.8) is 0 Å². The van der Waals surface area contributed by atoms with Crippen molar-refractivity contribution >= 4 is 28.1 Å². The van der Waals surface area contributed by atoms with E-state index in [1.165, 1.54) is 0 Å². The molecular weight excluding hydrogens is 232 g/mol. The van der Waals surface area contributed by atoms with E-state index in [2.05, 4.69) is 28.2 Å². The molecule has 1 aliphatic carbocycles. The lowest BCUT2D eigenvalue weighted by Crippen LogP contribution is -1.96. The van der Waals surface area contributed by atoms with Gasteiger partial charge in [-0.2, -0.15) is 0 Å². The molecule has 84 valence electrons. The zero-order valence-electron chi connectivity index (χ0n) is 9.23. The summed E-state index contributed by atoms with van der Waals surface area (Å²) in [6, 6.07) is 7.80. The van der Waals surface area contributed by atoms with Crippen LogP contribution in [0.3, 0.4) is 0 Å². The second-order valence-electron chi connectivity index (χ2n) is 3.99. The molecular formula is C14H11ClN2. The third kappa shape index (κ3) is 1.96. The predicted octanol–water partition coefficient (Wildman–Crippen LogP) is 4.02. The highest BCUT2D eigenvalue weighted by Gasteiger charge is 2.08. The number of halogens is 1. The van der Waals surface area contributed by atoms with Gasteiger partial charge in [-0.1, -0.05) is 42.0 Å². The van der Waals surface area contributed by atoms with Crippen LogP contribution in [0.4, 0.5) is 0 Å². The predicted molar refractivity (Wildman–Crippen MR) is 70.9 cm³/mol. The molecule has 0 N–H and O–H groups in total. The lowest BCUT2D eigenvalue weighted by molar-refractivity contribution is 1.03. The lowest BCUT2D eigenvalue weighted by Gasteiger charge is -2.07. The second kappa shape index (κ2) is 4.30. The molecule has 0 radical (unpaired) electrons. The number of nitrogens with zero attached hydrogens (tertiary/aromatic N) is 2. The molecule has 3 rings (SSSR count). The molecule has 0 saturated carbocycles. The van der Waals surface area contributed by atoms with Crippen molar-refractivity contribution in [2.24, 2.45) is 0 Å². The number of fused-ring (bicyclic) bond motifs is 1. The topological polar surface area (TPSA) is 25.8 Å². The Bertz CT molecular complexity index is 629. The largest absolute Gasteiger partial charge is 0.228 e. The van der Waals surface area contributed by atoms with Crippen LogP contribution in [0.2, 0.25) is 5.15 Å². The maximum Gasteiger partial charge on any atom is 0.161 e. The SMILES string of the molecule is Clc1nc(C2=CCCC=C2)nc2ccccc12. The Morgan fingerprint density at radius 3 is 2.76 bits per heavy atom. The molecule has 1 aliphatic rings. The summed E-state index contributed by atoms with van der Waals surface area (Å²) < 4.78 is 0. The van der Waals surface area contributed by atoms with Gasteiger partial charge in [0, 0.05) is 11.0 Å². The van der Waals surface area contributed by atoms with Crippen LogP contribution in [-0.2, 0) is 0 Å². The van der Waals surface area contributed by atoms with E-state index in [9.17, 15) is 0 Å². The van der Waals surface area contributed by atoms with E-state index >= 15 is 0 Å². The third-order valence-electron chi connectivity index (χ3n) is 2.81. The maximum absolute atomic E-state index is 6.18. The van der Waals surface area contributed by atoms with Crippen LogP contribution in [0.15, 0.2) is 42.5 Å². The quantitative estimate of drug-likeness (QED) is 0.706. The monoisotopic (exact) mass is 242 g/mol. The Balaban J connectivity index is 2.18. The smallest absolute Gasteiger partial charge is 0.161 e. The van der Waals surface area contributed by atoms with E-state index in [4.69, 9.17) is 11.6 Å². The van der Waals surface area contributed by atoms with Gasteiger partial charge >= 0.3 is 0 Å². The van der Waals surface area contributed by atoms with E-state index in [1.54, 1.807) is 0 Å². The summed E-state index contributed by atoms with van der Waals surface area (Å²) in [5.74, 6) is 0.713. The van der Waals surface area contributed by atoms with E-state index in [1.807, 2.05) is 24.3 Å². The van der Waals surface area contributed by atoms with Gasteiger partial charge in [-0.3, -0.25) is 0 Å². The Hall–Kier alpha value is -1.67. The van der Waals surface area contributed by atoms with Crippen LogP contribution in [-0.4, -0.2) is 9.97 Å². The average Bonchev–Trinajstić information content (AvgIpc) is 2.40. The number of benzene rings is 1. The highest BCUT2D eigenvalue weighted by atomic mass is 35.5. The first kappa shape index (κ1) is 10.5. The third-order valence-corrected chi connectivity index (χ3v) is 3.10. The van der Waals surface area contributed by atoms with Gasteiger partial charge < -0.3 is 0 Å². The Morgan fingerprint density at radius 2 is 1.94 bits per heavy atom. The minimum absolute atomic E-state index is 0.519. The van der Waals surface area contributed by atoms with Crippen molar-refractivity contribution in [1.82, 2.24) is 9.97 Å². The molecule has 17 heavy (non-hydrogen) atoms. The van der Waals surface area contributed by atoms with Gasteiger partial charge in [0.25, 0.3) is 0 Å². The Kier molecular flexibility index (Phi) is 2.65. The summed E-state index contributed by atoms with van der Waals surface area (Å²) in [5.41, 5.74) is 1.95. The van der Waals surface area contributed by atoms with Gasteiger partial charge in [0.2, 0.25) is 0 Å². The number of allylic oxidation sites excluding steroid dienone is 4. The van der Waals surface area contributed by atoms with Gasteiger partial charge in [-0.15, -0.1) is 0 Å². The molecule has 0 spiro atoms. The molecule has 3 heteroatoms. The molecule has 1 aromatic heterocycles. The fourth-order valence-corrected chi connectivity index (χ4v) is 2.19. The normalized spacial score (nSPS) is 15.0. The van der Waals surface area contributed by atoms with Crippen molar-refractivity contribution in [3.05, 3.63) is 53.5 Å². The number of para-hydroxylation sites is 1. The number of aromatic nitrogens is 2. The molecule has 1 aromatic carbocycles. The fraction of sp³-hybridized carbons (Fsp3) is 0.143. The van der Waals surface area contributed by atoms with Crippen LogP contribution in [0.1, 0.15) is 18.7 Å². The summed E-state index contributed by atoms with van der Waals surface area (Å²) in [4.78, 5) is 8.90. The summed E-state index contributed by atoms with van der Waals surface area (Å²) in [7, 11) is 0. The zero-order valence-corrected chi connectivity index (χ0v) is 9.98. The standard InChI is InChI=1S/C14H11ClN2/c15-13-11-8-4-5-9-12(11)16-14(17-13)10-6-2-1-3-7-10/h2,4-9H,1,3H2. The molecule has 0 atom stereocenters. The summed E-state index contributed by atoms with van der Waals surface area (Å²) in [6.45, 7) is 0. The summed E-state index contributed by atoms with van der Waals surface area (Å²) >= 11 is 6.18. The molecule has 0 bridgehead atoms.